The van der Waals surface area contributed by atoms with Crippen LogP contribution in [0, 0.1) is 29.4 Å². The van der Waals surface area contributed by atoms with E-state index >= 15 is 0 Å². The second-order valence-corrected chi connectivity index (χ2v) is 13.2. The Bertz CT molecular complexity index is 1090. The van der Waals surface area contributed by atoms with Crippen molar-refractivity contribution in [2.45, 2.75) is 76.5 Å². The maximum atomic E-state index is 13.7. The minimum atomic E-state index is -4.00. The molecule has 11 heteroatoms. The normalized spacial score (nSPS) is 23.4. The standard InChI is InChI=1S/C25H37F2N3O5S/c1-15(2)11-22(29(6)24(32)35-25(3,4)5)23(31)28-21-10-7-16-13-30(14-18(16)21)36(33,34)17-8-9-19(26)20(27)12-17/h8-9,12,15-16,18,21-22H,7,10-11,13-14H2,1-6H3,(H,28,31)/t16-,18+,21+,22?/m0/s1. The fourth-order valence-electron chi connectivity index (χ4n) is 5.01. The van der Waals surface area contributed by atoms with Gasteiger partial charge in [0.25, 0.3) is 0 Å². The number of nitrogens with zero attached hydrogens (tertiary/aromatic N) is 2. The number of halogens is 2. The number of hydrogen-bond acceptors (Lipinski definition) is 5. The minimum absolute atomic E-state index is 0.0440. The molecule has 2 fully saturated rings. The number of fused-ring (bicyclic) bond motifs is 1. The maximum Gasteiger partial charge on any atom is 0.410 e. The zero-order valence-electron chi connectivity index (χ0n) is 21.8. The molecule has 3 rings (SSSR count). The van der Waals surface area contributed by atoms with E-state index in [1.807, 2.05) is 13.8 Å². The highest BCUT2D eigenvalue weighted by Gasteiger charge is 2.47. The Morgan fingerprint density at radius 2 is 1.83 bits per heavy atom. The highest BCUT2D eigenvalue weighted by Crippen LogP contribution is 2.40. The molecular weight excluding hydrogens is 492 g/mol. The third-order valence-corrected chi connectivity index (χ3v) is 8.65. The summed E-state index contributed by atoms with van der Waals surface area (Å²) in [6, 6.07) is 1.57. The molecule has 4 atom stereocenters. The van der Waals surface area contributed by atoms with E-state index < -0.39 is 39.4 Å². The lowest BCUT2D eigenvalue weighted by atomic mass is 9.96. The molecule has 1 heterocycles. The first-order valence-corrected chi connectivity index (χ1v) is 13.8. The van der Waals surface area contributed by atoms with Gasteiger partial charge in [0.05, 0.1) is 4.90 Å². The molecule has 1 unspecified atom stereocenters. The number of benzene rings is 1. The van der Waals surface area contributed by atoms with Crippen molar-refractivity contribution >= 4 is 22.0 Å². The van der Waals surface area contributed by atoms with Gasteiger partial charge in [0.1, 0.15) is 11.6 Å². The molecule has 0 radical (unpaired) electrons. The van der Waals surface area contributed by atoms with Gasteiger partial charge in [-0.15, -0.1) is 0 Å². The van der Waals surface area contributed by atoms with Crippen LogP contribution in [0.25, 0.3) is 0 Å². The molecule has 1 aromatic carbocycles. The summed E-state index contributed by atoms with van der Waals surface area (Å²) in [7, 11) is -2.46. The molecule has 1 N–H and O–H groups in total. The van der Waals surface area contributed by atoms with Gasteiger partial charge in [0, 0.05) is 26.2 Å². The summed E-state index contributed by atoms with van der Waals surface area (Å²) in [5, 5.41) is 3.06. The summed E-state index contributed by atoms with van der Waals surface area (Å²) >= 11 is 0. The largest absolute Gasteiger partial charge is 0.444 e. The second kappa shape index (κ2) is 10.6. The number of carbonyl (C=O) groups excluding carboxylic acids is 2. The van der Waals surface area contributed by atoms with E-state index in [4.69, 9.17) is 4.74 Å². The number of rotatable bonds is 7. The summed E-state index contributed by atoms with van der Waals surface area (Å²) in [5.41, 5.74) is -0.699. The lowest BCUT2D eigenvalue weighted by Gasteiger charge is -2.32. The zero-order chi connectivity index (χ0) is 27.0. The molecule has 2 aliphatic rings. The molecule has 1 aromatic rings. The van der Waals surface area contributed by atoms with Crippen LogP contribution in [-0.4, -0.2) is 67.4 Å². The number of ether oxygens (including phenoxy) is 1. The fraction of sp³-hybridized carbons (Fsp3) is 0.680. The quantitative estimate of drug-likeness (QED) is 0.580. The van der Waals surface area contributed by atoms with Crippen molar-refractivity contribution in [1.29, 1.82) is 0 Å². The molecule has 1 aliphatic heterocycles. The summed E-state index contributed by atoms with van der Waals surface area (Å²) in [4.78, 5) is 27.0. The van der Waals surface area contributed by atoms with Gasteiger partial charge in [0.2, 0.25) is 15.9 Å². The number of nitrogens with one attached hydrogen (secondary N) is 1. The van der Waals surface area contributed by atoms with E-state index in [2.05, 4.69) is 5.32 Å². The highest BCUT2D eigenvalue weighted by atomic mass is 32.2. The van der Waals surface area contributed by atoms with Crippen LogP contribution in [0.2, 0.25) is 0 Å². The highest BCUT2D eigenvalue weighted by molar-refractivity contribution is 7.89. The van der Waals surface area contributed by atoms with Gasteiger partial charge >= 0.3 is 6.09 Å². The van der Waals surface area contributed by atoms with Crippen molar-refractivity contribution in [3.8, 4) is 0 Å². The van der Waals surface area contributed by atoms with Crippen molar-refractivity contribution in [3.63, 3.8) is 0 Å². The molecule has 0 bridgehead atoms. The number of amides is 2. The third-order valence-electron chi connectivity index (χ3n) is 6.83. The Hall–Kier alpha value is -2.27. The van der Waals surface area contributed by atoms with Crippen molar-refractivity contribution in [1.82, 2.24) is 14.5 Å². The summed E-state index contributed by atoms with van der Waals surface area (Å²) in [5.74, 6) is -2.55. The number of hydrogen-bond donors (Lipinski definition) is 1. The summed E-state index contributed by atoms with van der Waals surface area (Å²) < 4.78 is 59.8. The molecule has 0 aromatic heterocycles. The first-order chi connectivity index (χ1) is 16.6. The van der Waals surface area contributed by atoms with E-state index in [0.29, 0.717) is 18.9 Å². The topological polar surface area (TPSA) is 96.0 Å². The SMILES string of the molecule is CC(C)CC(C(=O)N[C@@H]1CC[C@H]2CN(S(=O)(=O)c3ccc(F)c(F)c3)C[C@H]21)N(C)C(=O)OC(C)(C)C. The van der Waals surface area contributed by atoms with Crippen LogP contribution < -0.4 is 5.32 Å². The van der Waals surface area contributed by atoms with Gasteiger partial charge in [-0.05, 0) is 76.0 Å². The molecule has 1 saturated heterocycles. The average Bonchev–Trinajstić information content (AvgIpc) is 3.34. The van der Waals surface area contributed by atoms with Gasteiger partial charge in [-0.1, -0.05) is 13.8 Å². The van der Waals surface area contributed by atoms with Gasteiger partial charge in [-0.3, -0.25) is 9.69 Å². The summed E-state index contributed by atoms with van der Waals surface area (Å²) in [6.45, 7) is 9.64. The predicted octanol–water partition coefficient (Wildman–Crippen LogP) is 3.76. The monoisotopic (exact) mass is 529 g/mol. The van der Waals surface area contributed by atoms with Gasteiger partial charge in [-0.2, -0.15) is 4.31 Å². The van der Waals surface area contributed by atoms with Crippen molar-refractivity contribution < 1.29 is 31.5 Å². The zero-order valence-corrected chi connectivity index (χ0v) is 22.6. The van der Waals surface area contributed by atoms with Crippen LogP contribution >= 0.6 is 0 Å². The molecule has 202 valence electrons. The lowest BCUT2D eigenvalue weighted by Crippen LogP contribution is -2.52. The Morgan fingerprint density at radius 1 is 1.17 bits per heavy atom. The molecule has 2 amide bonds. The Morgan fingerprint density at radius 3 is 2.42 bits per heavy atom. The number of sulfonamides is 1. The van der Waals surface area contributed by atoms with Gasteiger partial charge in [0.15, 0.2) is 11.6 Å². The predicted molar refractivity (Wildman–Crippen MR) is 131 cm³/mol. The van der Waals surface area contributed by atoms with Gasteiger partial charge < -0.3 is 10.1 Å². The van der Waals surface area contributed by atoms with E-state index in [-0.39, 0.29) is 47.7 Å². The molecule has 1 aliphatic carbocycles. The lowest BCUT2D eigenvalue weighted by molar-refractivity contribution is -0.127. The average molecular weight is 530 g/mol. The van der Waals surface area contributed by atoms with Crippen molar-refractivity contribution in [2.24, 2.45) is 17.8 Å². The number of carbonyl (C=O) groups is 2. The Labute approximate surface area is 212 Å². The van der Waals surface area contributed by atoms with Crippen molar-refractivity contribution in [3.05, 3.63) is 29.8 Å². The molecular formula is C25H37F2N3O5S. The van der Waals surface area contributed by atoms with Crippen LogP contribution in [-0.2, 0) is 19.6 Å². The molecule has 1 saturated carbocycles. The van der Waals surface area contributed by atoms with Crippen molar-refractivity contribution in [2.75, 3.05) is 20.1 Å². The van der Waals surface area contributed by atoms with Crippen LogP contribution in [0.3, 0.4) is 0 Å². The second-order valence-electron chi connectivity index (χ2n) is 11.3. The first-order valence-electron chi connectivity index (χ1n) is 12.3. The van der Waals surface area contributed by atoms with Gasteiger partial charge in [-0.25, -0.2) is 22.0 Å². The smallest absolute Gasteiger partial charge is 0.410 e. The Kier molecular flexibility index (Phi) is 8.34. The third kappa shape index (κ3) is 6.34. The minimum Gasteiger partial charge on any atom is -0.444 e. The van der Waals surface area contributed by atoms with Crippen LogP contribution in [0.1, 0.15) is 53.9 Å². The molecule has 0 spiro atoms. The maximum absolute atomic E-state index is 13.7. The van der Waals surface area contributed by atoms with Crippen LogP contribution in [0.15, 0.2) is 23.1 Å². The van der Waals surface area contributed by atoms with Crippen LogP contribution in [0.5, 0.6) is 0 Å². The van der Waals surface area contributed by atoms with E-state index in [1.54, 1.807) is 27.8 Å². The number of likely N-dealkylation sites (N-methyl/N-ethyl adjacent to an activating group) is 1. The van der Waals surface area contributed by atoms with E-state index in [0.717, 1.165) is 18.6 Å². The van der Waals surface area contributed by atoms with E-state index in [9.17, 15) is 26.8 Å². The van der Waals surface area contributed by atoms with E-state index in [1.165, 1.54) is 9.21 Å². The van der Waals surface area contributed by atoms with Crippen LogP contribution in [0.4, 0.5) is 13.6 Å². The molecule has 36 heavy (non-hydrogen) atoms. The Balaban J connectivity index is 1.71. The fourth-order valence-corrected chi connectivity index (χ4v) is 6.56. The molecule has 8 nitrogen and oxygen atoms in total. The summed E-state index contributed by atoms with van der Waals surface area (Å²) in [6.07, 6.45) is 1.29. The first kappa shape index (κ1) is 28.3.